The Morgan fingerprint density at radius 2 is 1.64 bits per heavy atom. The SMILES string of the molecule is CC=O.CCN1CCN(Cc2ccc(C=O)cc2C(F)(F)F)CC1.CNc1cc(C#Cc2cnc3[nH]nc(NC)c3c2)ccn1. The lowest BCUT2D eigenvalue weighted by atomic mass is 10.0. The molecule has 0 radical (unpaired) electrons. The van der Waals surface area contributed by atoms with Crippen molar-refractivity contribution in [2.45, 2.75) is 26.6 Å². The Bertz CT molecular complexity index is 1620. The van der Waals surface area contributed by atoms with Gasteiger partial charge in [0.1, 0.15) is 18.4 Å². The van der Waals surface area contributed by atoms with Crippen molar-refractivity contribution in [3.05, 3.63) is 76.6 Å². The van der Waals surface area contributed by atoms with Crippen molar-refractivity contribution in [3.8, 4) is 11.8 Å². The maximum Gasteiger partial charge on any atom is 0.416 e. The predicted molar refractivity (Wildman–Crippen MR) is 169 cm³/mol. The zero-order chi connectivity index (χ0) is 32.8. The molecule has 45 heavy (non-hydrogen) atoms. The Hall–Kier alpha value is -4.80. The van der Waals surface area contributed by atoms with Crippen LogP contribution < -0.4 is 10.6 Å². The molecule has 1 aromatic carbocycles. The van der Waals surface area contributed by atoms with Crippen LogP contribution in [0.1, 0.15) is 46.5 Å². The van der Waals surface area contributed by atoms with E-state index >= 15 is 0 Å². The topological polar surface area (TPSA) is 119 Å². The summed E-state index contributed by atoms with van der Waals surface area (Å²) in [4.78, 5) is 32.2. The van der Waals surface area contributed by atoms with Gasteiger partial charge in [-0.05, 0) is 43.3 Å². The molecule has 0 aliphatic carbocycles. The molecule has 0 spiro atoms. The number of aldehydes is 2. The van der Waals surface area contributed by atoms with Crippen molar-refractivity contribution in [1.82, 2.24) is 30.0 Å². The van der Waals surface area contributed by atoms with Crippen LogP contribution in [0, 0.1) is 11.8 Å². The van der Waals surface area contributed by atoms with E-state index in [1.807, 2.05) is 37.2 Å². The molecule has 1 aliphatic heterocycles. The van der Waals surface area contributed by atoms with E-state index in [0.29, 0.717) is 6.29 Å². The van der Waals surface area contributed by atoms with E-state index in [4.69, 9.17) is 4.79 Å². The first-order valence-corrected chi connectivity index (χ1v) is 14.3. The summed E-state index contributed by atoms with van der Waals surface area (Å²) in [6.45, 7) is 8.05. The Morgan fingerprint density at radius 3 is 2.27 bits per heavy atom. The molecule has 0 amide bonds. The summed E-state index contributed by atoms with van der Waals surface area (Å²) in [5.41, 5.74) is 2.06. The number of alkyl halides is 3. The van der Waals surface area contributed by atoms with Gasteiger partial charge in [-0.2, -0.15) is 18.3 Å². The maximum atomic E-state index is 13.1. The van der Waals surface area contributed by atoms with Crippen LogP contribution in [0.3, 0.4) is 0 Å². The summed E-state index contributed by atoms with van der Waals surface area (Å²) < 4.78 is 39.3. The standard InChI is InChI=1S/C15H19F3N2O.C15H14N6.C2H4O/c1-2-19-5-7-20(8-6-19)10-13-4-3-12(11-21)9-14(13)15(16,17)18;1-16-13-8-10(5-6-18-13)3-4-11-7-12-14(17-2)20-21-15(12)19-9-11;1-2-3/h3-4,9,11H,2,5-8,10H2,1H3;5-9H,1-2H3,(H,16,18)(H2,17,19,20,21);2H,1H3. The molecular weight excluding hydrogens is 585 g/mol. The lowest BCUT2D eigenvalue weighted by molar-refractivity contribution is -0.138. The summed E-state index contributed by atoms with van der Waals surface area (Å²) in [6.07, 6.45) is 0.220. The van der Waals surface area contributed by atoms with Gasteiger partial charge in [0.15, 0.2) is 11.5 Å². The number of nitrogens with one attached hydrogen (secondary N) is 3. The Morgan fingerprint density at radius 1 is 0.956 bits per heavy atom. The number of hydrogen-bond acceptors (Lipinski definition) is 9. The molecule has 13 heteroatoms. The van der Waals surface area contributed by atoms with Crippen molar-refractivity contribution in [1.29, 1.82) is 0 Å². The molecular formula is C32H37F3N8O2. The number of aromatic nitrogens is 4. The van der Waals surface area contributed by atoms with Crippen molar-refractivity contribution in [2.24, 2.45) is 0 Å². The van der Waals surface area contributed by atoms with Crippen LogP contribution in [0.25, 0.3) is 11.0 Å². The third-order valence-corrected chi connectivity index (χ3v) is 6.90. The molecule has 3 aromatic heterocycles. The van der Waals surface area contributed by atoms with Gasteiger partial charge in [-0.25, -0.2) is 9.97 Å². The first-order chi connectivity index (χ1) is 21.6. The number of aromatic amines is 1. The molecule has 0 unspecified atom stereocenters. The van der Waals surface area contributed by atoms with E-state index in [-0.39, 0.29) is 17.7 Å². The number of pyridine rings is 2. The van der Waals surface area contributed by atoms with Crippen LogP contribution in [0.15, 0.2) is 48.8 Å². The molecule has 0 bridgehead atoms. The summed E-state index contributed by atoms with van der Waals surface area (Å²) >= 11 is 0. The number of hydrogen-bond donors (Lipinski definition) is 3. The second kappa shape index (κ2) is 16.9. The molecule has 0 atom stereocenters. The van der Waals surface area contributed by atoms with Crippen LogP contribution in [-0.2, 0) is 17.5 Å². The average Bonchev–Trinajstić information content (AvgIpc) is 3.47. The number of halogens is 3. The normalized spacial score (nSPS) is 13.3. The third kappa shape index (κ3) is 10.1. The van der Waals surface area contributed by atoms with E-state index in [1.54, 1.807) is 12.4 Å². The second-order valence-corrected chi connectivity index (χ2v) is 9.85. The molecule has 4 heterocycles. The van der Waals surface area contributed by atoms with Gasteiger partial charge in [0.25, 0.3) is 0 Å². The third-order valence-electron chi connectivity index (χ3n) is 6.90. The number of anilines is 2. The van der Waals surface area contributed by atoms with Gasteiger partial charge < -0.3 is 20.3 Å². The minimum Gasteiger partial charge on any atom is -0.373 e. The van der Waals surface area contributed by atoms with Gasteiger partial charge in [-0.3, -0.25) is 14.8 Å². The van der Waals surface area contributed by atoms with E-state index in [1.165, 1.54) is 19.1 Å². The van der Waals surface area contributed by atoms with Gasteiger partial charge in [-0.15, -0.1) is 0 Å². The van der Waals surface area contributed by atoms with Crippen molar-refractivity contribution in [2.75, 3.05) is 57.5 Å². The van der Waals surface area contributed by atoms with Gasteiger partial charge in [-0.1, -0.05) is 30.9 Å². The monoisotopic (exact) mass is 622 g/mol. The average molecular weight is 623 g/mol. The fraction of sp³-hybridized carbons (Fsp3) is 0.344. The summed E-state index contributed by atoms with van der Waals surface area (Å²) in [5.74, 6) is 7.78. The highest BCUT2D eigenvalue weighted by molar-refractivity contribution is 5.87. The number of carbonyl (C=O) groups is 2. The van der Waals surface area contributed by atoms with Crippen molar-refractivity contribution >= 4 is 35.2 Å². The number of carbonyl (C=O) groups excluding carboxylic acids is 2. The molecule has 1 fully saturated rings. The van der Waals surface area contributed by atoms with Gasteiger partial charge in [0.05, 0.1) is 10.9 Å². The number of piperazine rings is 1. The van der Waals surface area contributed by atoms with Crippen molar-refractivity contribution in [3.63, 3.8) is 0 Å². The number of nitrogens with zero attached hydrogens (tertiary/aromatic N) is 5. The quantitative estimate of drug-likeness (QED) is 0.208. The van der Waals surface area contributed by atoms with Gasteiger partial charge in [0, 0.05) is 75.9 Å². The molecule has 238 valence electrons. The van der Waals surface area contributed by atoms with E-state index in [0.717, 1.165) is 78.9 Å². The largest absolute Gasteiger partial charge is 0.416 e. The summed E-state index contributed by atoms with van der Waals surface area (Å²) in [6, 6.07) is 9.53. The highest BCUT2D eigenvalue weighted by Gasteiger charge is 2.34. The second-order valence-electron chi connectivity index (χ2n) is 9.85. The molecule has 3 N–H and O–H groups in total. The van der Waals surface area contributed by atoms with E-state index in [2.05, 4.69) is 54.5 Å². The van der Waals surface area contributed by atoms with Crippen LogP contribution in [-0.4, -0.2) is 89.4 Å². The van der Waals surface area contributed by atoms with Gasteiger partial charge >= 0.3 is 6.18 Å². The molecule has 4 aromatic rings. The minimum atomic E-state index is -4.43. The lowest BCUT2D eigenvalue weighted by Gasteiger charge is -2.34. The molecule has 1 aliphatic rings. The molecule has 0 saturated carbocycles. The molecule has 10 nitrogen and oxygen atoms in total. The Labute approximate surface area is 260 Å². The van der Waals surface area contributed by atoms with Crippen LogP contribution in [0.5, 0.6) is 0 Å². The number of benzene rings is 1. The maximum absolute atomic E-state index is 13.1. The molecule has 5 rings (SSSR count). The van der Waals surface area contributed by atoms with Crippen molar-refractivity contribution < 1.29 is 22.8 Å². The summed E-state index contributed by atoms with van der Waals surface area (Å²) in [7, 11) is 3.65. The zero-order valence-electron chi connectivity index (χ0n) is 25.7. The number of fused-ring (bicyclic) bond motifs is 1. The zero-order valence-corrected chi connectivity index (χ0v) is 25.7. The fourth-order valence-electron chi connectivity index (χ4n) is 4.53. The van der Waals surface area contributed by atoms with E-state index in [9.17, 15) is 18.0 Å². The van der Waals surface area contributed by atoms with Crippen LogP contribution >= 0.6 is 0 Å². The highest BCUT2D eigenvalue weighted by atomic mass is 19.4. The Kier molecular flexibility index (Phi) is 13.0. The number of H-pyrrole nitrogens is 1. The molecule has 1 saturated heterocycles. The Balaban J connectivity index is 0.000000226. The number of rotatable bonds is 6. The highest BCUT2D eigenvalue weighted by Crippen LogP contribution is 2.33. The minimum absolute atomic E-state index is 0.0573. The number of likely N-dealkylation sites (N-methyl/N-ethyl adjacent to an activating group) is 1. The lowest BCUT2D eigenvalue weighted by Crippen LogP contribution is -2.45. The summed E-state index contributed by atoms with van der Waals surface area (Å²) in [5, 5.41) is 13.9. The van der Waals surface area contributed by atoms with Gasteiger partial charge in [0.2, 0.25) is 0 Å². The van der Waals surface area contributed by atoms with Crippen LogP contribution in [0.4, 0.5) is 24.8 Å². The smallest absolute Gasteiger partial charge is 0.373 e. The first kappa shape index (κ1) is 34.7. The van der Waals surface area contributed by atoms with E-state index < -0.39 is 11.7 Å². The first-order valence-electron chi connectivity index (χ1n) is 14.3. The predicted octanol–water partition coefficient (Wildman–Crippen LogP) is 4.70. The fourth-order valence-corrected chi connectivity index (χ4v) is 4.53. The van der Waals surface area contributed by atoms with Crippen LogP contribution in [0.2, 0.25) is 0 Å².